The lowest BCUT2D eigenvalue weighted by molar-refractivity contribution is -0.118. The Morgan fingerprint density at radius 1 is 1.25 bits per heavy atom. The Morgan fingerprint density at radius 2 is 1.96 bits per heavy atom. The number of hydrogen-bond acceptors (Lipinski definition) is 4. The van der Waals surface area contributed by atoms with Crippen LogP contribution in [0.1, 0.15) is 17.9 Å². The molecule has 1 saturated carbocycles. The van der Waals surface area contributed by atoms with Crippen molar-refractivity contribution < 1.29 is 9.18 Å². The zero-order valence-corrected chi connectivity index (χ0v) is 16.1. The van der Waals surface area contributed by atoms with E-state index in [0.29, 0.717) is 11.4 Å². The van der Waals surface area contributed by atoms with E-state index >= 15 is 0 Å². The van der Waals surface area contributed by atoms with Gasteiger partial charge < -0.3 is 4.90 Å². The van der Waals surface area contributed by atoms with Crippen LogP contribution in [0.2, 0.25) is 5.02 Å². The van der Waals surface area contributed by atoms with Gasteiger partial charge in [0.15, 0.2) is 0 Å². The topological polar surface area (TPSA) is 67.2 Å². The molecule has 8 heteroatoms. The smallest absolute Gasteiger partial charge is 0.281 e. The quantitative estimate of drug-likeness (QED) is 0.730. The first-order chi connectivity index (χ1) is 13.3. The summed E-state index contributed by atoms with van der Waals surface area (Å²) in [6.07, 6.45) is 0.700. The average molecular weight is 401 g/mol. The van der Waals surface area contributed by atoms with Crippen LogP contribution in [0.5, 0.6) is 0 Å². The summed E-state index contributed by atoms with van der Waals surface area (Å²) in [7, 11) is 3.40. The van der Waals surface area contributed by atoms with E-state index in [-0.39, 0.29) is 34.6 Å². The number of nitrogens with zero attached hydrogens (tertiary/aromatic N) is 3. The molecule has 1 heterocycles. The van der Waals surface area contributed by atoms with Crippen molar-refractivity contribution in [2.75, 3.05) is 24.4 Å². The van der Waals surface area contributed by atoms with Gasteiger partial charge in [-0.2, -0.15) is 4.68 Å². The number of benzene rings is 2. The van der Waals surface area contributed by atoms with Gasteiger partial charge >= 0.3 is 0 Å². The molecule has 1 aliphatic rings. The van der Waals surface area contributed by atoms with Crippen LogP contribution in [0, 0.1) is 11.7 Å². The number of fused-ring (bicyclic) bond motifs is 1. The van der Waals surface area contributed by atoms with Crippen LogP contribution in [0.3, 0.4) is 0 Å². The van der Waals surface area contributed by atoms with Crippen molar-refractivity contribution in [3.05, 3.63) is 69.2 Å². The molecule has 0 aliphatic heterocycles. The molecule has 28 heavy (non-hydrogen) atoms. The summed E-state index contributed by atoms with van der Waals surface area (Å²) in [5.41, 5.74) is 3.51. The Bertz CT molecular complexity index is 1130. The minimum absolute atomic E-state index is 0.0956. The van der Waals surface area contributed by atoms with E-state index in [0.717, 1.165) is 10.2 Å². The highest BCUT2D eigenvalue weighted by Crippen LogP contribution is 2.47. The highest BCUT2D eigenvalue weighted by molar-refractivity contribution is 6.30. The molecule has 1 aromatic heterocycles. The van der Waals surface area contributed by atoms with Gasteiger partial charge in [-0.25, -0.2) is 9.37 Å². The van der Waals surface area contributed by atoms with Gasteiger partial charge in [-0.1, -0.05) is 23.7 Å². The Labute approximate surface area is 165 Å². The van der Waals surface area contributed by atoms with Crippen molar-refractivity contribution in [3.63, 3.8) is 0 Å². The summed E-state index contributed by atoms with van der Waals surface area (Å²) >= 11 is 5.91. The van der Waals surface area contributed by atoms with E-state index < -0.39 is 11.4 Å². The molecular weight excluding hydrogens is 383 g/mol. The minimum Gasteiger partial charge on any atom is -0.347 e. The predicted molar refractivity (Wildman–Crippen MR) is 107 cm³/mol. The first-order valence-electron chi connectivity index (χ1n) is 8.81. The van der Waals surface area contributed by atoms with E-state index in [2.05, 4.69) is 10.4 Å². The standard InChI is InChI=1S/C20H18ClFN4O2/c1-25(2)20-23-17-9-13(22)7-8-14(17)19(28)26(20)24-18(27)16-10-15(16)11-3-5-12(21)6-4-11/h3-9,15-16H,10H2,1-2H3,(H,24,27)/t15-,16-/m1/s1. The molecule has 2 aromatic carbocycles. The molecule has 3 aromatic rings. The van der Waals surface area contributed by atoms with Gasteiger partial charge in [0.05, 0.1) is 10.9 Å². The maximum atomic E-state index is 13.5. The number of aromatic nitrogens is 2. The summed E-state index contributed by atoms with van der Waals surface area (Å²) in [5.74, 6) is -0.645. The Kier molecular flexibility index (Phi) is 4.55. The molecule has 0 saturated heterocycles. The van der Waals surface area contributed by atoms with Crippen LogP contribution >= 0.6 is 11.6 Å². The third-order valence-electron chi connectivity index (χ3n) is 4.86. The Morgan fingerprint density at radius 3 is 2.64 bits per heavy atom. The van der Waals surface area contributed by atoms with E-state index in [1.165, 1.54) is 18.2 Å². The van der Waals surface area contributed by atoms with Gasteiger partial charge in [0.2, 0.25) is 11.9 Å². The van der Waals surface area contributed by atoms with Crippen molar-refractivity contribution >= 4 is 34.4 Å². The fraction of sp³-hybridized carbons (Fsp3) is 0.250. The van der Waals surface area contributed by atoms with Crippen LogP contribution in [0.4, 0.5) is 10.3 Å². The lowest BCUT2D eigenvalue weighted by Gasteiger charge is -2.19. The van der Waals surface area contributed by atoms with Crippen molar-refractivity contribution in [3.8, 4) is 0 Å². The van der Waals surface area contributed by atoms with Gasteiger partial charge in [-0.15, -0.1) is 0 Å². The number of carbonyl (C=O) groups excluding carboxylic acids is 1. The second-order valence-electron chi connectivity index (χ2n) is 7.08. The van der Waals surface area contributed by atoms with Gasteiger partial charge in [-0.3, -0.25) is 15.0 Å². The molecule has 0 radical (unpaired) electrons. The lowest BCUT2D eigenvalue weighted by Crippen LogP contribution is -2.38. The number of anilines is 1. The first-order valence-corrected chi connectivity index (χ1v) is 9.19. The highest BCUT2D eigenvalue weighted by Gasteiger charge is 2.44. The van der Waals surface area contributed by atoms with Crippen LogP contribution < -0.4 is 15.9 Å². The van der Waals surface area contributed by atoms with Crippen LogP contribution in [-0.2, 0) is 4.79 Å². The van der Waals surface area contributed by atoms with Crippen LogP contribution in [0.25, 0.3) is 10.9 Å². The fourth-order valence-electron chi connectivity index (χ4n) is 3.30. The molecule has 1 N–H and O–H groups in total. The highest BCUT2D eigenvalue weighted by atomic mass is 35.5. The van der Waals surface area contributed by atoms with Crippen molar-refractivity contribution in [1.29, 1.82) is 0 Å². The zero-order valence-electron chi connectivity index (χ0n) is 15.3. The summed E-state index contributed by atoms with van der Waals surface area (Å²) in [5, 5.41) is 0.878. The number of hydrogen-bond donors (Lipinski definition) is 1. The van der Waals surface area contributed by atoms with Crippen LogP contribution in [-0.4, -0.2) is 29.7 Å². The summed E-state index contributed by atoms with van der Waals surface area (Å²) in [6, 6.07) is 11.2. The molecule has 6 nitrogen and oxygen atoms in total. The molecule has 1 aliphatic carbocycles. The minimum atomic E-state index is -0.477. The van der Waals surface area contributed by atoms with Crippen molar-refractivity contribution in [2.24, 2.45) is 5.92 Å². The summed E-state index contributed by atoms with van der Waals surface area (Å²) in [4.78, 5) is 31.5. The fourth-order valence-corrected chi connectivity index (χ4v) is 3.43. The molecule has 0 unspecified atom stereocenters. The Hall–Kier alpha value is -2.93. The molecule has 1 fully saturated rings. The number of halogens is 2. The van der Waals surface area contributed by atoms with Crippen LogP contribution in [0.15, 0.2) is 47.3 Å². The third kappa shape index (κ3) is 3.33. The maximum Gasteiger partial charge on any atom is 0.281 e. The molecule has 0 spiro atoms. The third-order valence-corrected chi connectivity index (χ3v) is 5.11. The zero-order chi connectivity index (χ0) is 20.0. The predicted octanol–water partition coefficient (Wildman–Crippen LogP) is 3.13. The van der Waals surface area contributed by atoms with Gasteiger partial charge in [0.1, 0.15) is 5.82 Å². The van der Waals surface area contributed by atoms with E-state index in [1.54, 1.807) is 31.1 Å². The largest absolute Gasteiger partial charge is 0.347 e. The summed E-state index contributed by atoms with van der Waals surface area (Å²) in [6.45, 7) is 0. The first kappa shape index (κ1) is 18.4. The maximum absolute atomic E-state index is 13.5. The van der Waals surface area contributed by atoms with Crippen molar-refractivity contribution in [2.45, 2.75) is 12.3 Å². The number of carbonyl (C=O) groups is 1. The molecule has 144 valence electrons. The molecule has 0 bridgehead atoms. The Balaban J connectivity index is 1.64. The van der Waals surface area contributed by atoms with E-state index in [4.69, 9.17) is 11.6 Å². The monoisotopic (exact) mass is 400 g/mol. The van der Waals surface area contributed by atoms with Gasteiger partial charge in [0.25, 0.3) is 5.56 Å². The average Bonchev–Trinajstić information content (AvgIpc) is 3.45. The second-order valence-corrected chi connectivity index (χ2v) is 7.52. The number of amides is 1. The van der Waals surface area contributed by atoms with E-state index in [9.17, 15) is 14.0 Å². The number of rotatable bonds is 4. The molecule has 4 rings (SSSR count). The lowest BCUT2D eigenvalue weighted by atomic mass is 10.1. The second kappa shape index (κ2) is 6.91. The van der Waals surface area contributed by atoms with Gasteiger partial charge in [-0.05, 0) is 42.2 Å². The SMILES string of the molecule is CN(C)c1nc2cc(F)ccc2c(=O)n1NC(=O)[C@@H]1C[C@@H]1c1ccc(Cl)cc1. The molecule has 1 amide bonds. The van der Waals surface area contributed by atoms with E-state index in [1.807, 2.05) is 12.1 Å². The summed E-state index contributed by atoms with van der Waals surface area (Å²) < 4.78 is 14.6. The normalized spacial score (nSPS) is 18.1. The van der Waals surface area contributed by atoms with Gasteiger partial charge in [0, 0.05) is 31.1 Å². The molecular formula is C20H18ClFN4O2. The van der Waals surface area contributed by atoms with Crippen molar-refractivity contribution in [1.82, 2.24) is 9.66 Å². The molecule has 2 atom stereocenters. The number of nitrogens with one attached hydrogen (secondary N) is 1.